The average molecular weight is 1070 g/mol. The molecule has 1 unspecified atom stereocenters. The third-order valence-corrected chi connectivity index (χ3v) is 13.4. The maximum absolute atomic E-state index is 12.8. The van der Waals surface area contributed by atoms with Gasteiger partial charge in [-0.25, -0.2) is 0 Å². The summed E-state index contributed by atoms with van der Waals surface area (Å²) < 4.78 is 16.9. The van der Waals surface area contributed by atoms with E-state index in [0.29, 0.717) is 19.3 Å². The van der Waals surface area contributed by atoms with Crippen molar-refractivity contribution in [3.63, 3.8) is 0 Å². The number of carbonyl (C=O) groups excluding carboxylic acids is 3. The summed E-state index contributed by atoms with van der Waals surface area (Å²) in [7, 11) is 0. The molecule has 0 rings (SSSR count). The molecular formula is C71H118O6. The third kappa shape index (κ3) is 62.5. The van der Waals surface area contributed by atoms with Gasteiger partial charge in [-0.3, -0.25) is 14.4 Å². The molecular weight excluding hydrogens is 949 g/mol. The van der Waals surface area contributed by atoms with Crippen molar-refractivity contribution in [1.29, 1.82) is 0 Å². The number of carbonyl (C=O) groups is 3. The monoisotopic (exact) mass is 1070 g/mol. The molecule has 0 amide bonds. The Morgan fingerprint density at radius 3 is 0.844 bits per heavy atom. The standard InChI is InChI=1S/C71H118O6/c1-4-7-10-13-16-19-22-24-25-26-27-28-29-30-31-32-33-34-35-36-37-38-39-40-41-42-43-44-45-47-49-52-55-58-61-64-70(73)76-67-68(66-75-69(72)63-60-57-54-51-48-21-18-15-12-9-6-3)77-71(74)65-62-59-56-53-50-46-23-20-17-14-11-8-5-2/h7,10-11,14,16,19-20,23-25,27-28,30-31,33-34,36-37,39-40,68H,4-6,8-9,12-13,15,17-18,21-22,26,29,32,35,38,41-67H2,1-3H3/b10-7-,14-11-,19-16-,23-20-,25-24-,28-27-,31-30-,34-33-,37-36-,40-39-. The van der Waals surface area contributed by atoms with E-state index in [1.165, 1.54) is 109 Å². The van der Waals surface area contributed by atoms with Gasteiger partial charge in [-0.15, -0.1) is 0 Å². The number of allylic oxidation sites excluding steroid dienone is 20. The quantitative estimate of drug-likeness (QED) is 0.0261. The van der Waals surface area contributed by atoms with Crippen molar-refractivity contribution >= 4 is 17.9 Å². The Hall–Kier alpha value is -4.19. The van der Waals surface area contributed by atoms with Crippen LogP contribution in [-0.4, -0.2) is 37.2 Å². The fourth-order valence-electron chi connectivity index (χ4n) is 8.67. The second kappa shape index (κ2) is 64.3. The van der Waals surface area contributed by atoms with Crippen LogP contribution in [0.4, 0.5) is 0 Å². The lowest BCUT2D eigenvalue weighted by Gasteiger charge is -2.18. The lowest BCUT2D eigenvalue weighted by molar-refractivity contribution is -0.167. The SMILES string of the molecule is CC/C=C\C/C=C\C/C=C\C/C=C\C/C=C\C/C=C\C/C=C\C/C=C\CCCCCCCCCCCCC(=O)OCC(COC(=O)CCCCCCCCCCCCC)OC(=O)CCCCCCC/C=C\C/C=C\CCC. The van der Waals surface area contributed by atoms with Gasteiger partial charge < -0.3 is 14.2 Å². The lowest BCUT2D eigenvalue weighted by Crippen LogP contribution is -2.30. The van der Waals surface area contributed by atoms with E-state index >= 15 is 0 Å². The minimum atomic E-state index is -0.786. The van der Waals surface area contributed by atoms with Crippen LogP contribution in [-0.2, 0) is 28.6 Å². The number of hydrogen-bond acceptors (Lipinski definition) is 6. The van der Waals surface area contributed by atoms with Crippen molar-refractivity contribution in [1.82, 2.24) is 0 Å². The zero-order chi connectivity index (χ0) is 55.7. The summed E-state index contributed by atoms with van der Waals surface area (Å²) in [6.45, 7) is 6.45. The summed E-state index contributed by atoms with van der Waals surface area (Å²) in [5.41, 5.74) is 0. The van der Waals surface area contributed by atoms with Gasteiger partial charge in [0.2, 0.25) is 0 Å². The first-order valence-corrected chi connectivity index (χ1v) is 32.0. The number of unbranched alkanes of at least 4 members (excludes halogenated alkanes) is 26. The van der Waals surface area contributed by atoms with Crippen molar-refractivity contribution < 1.29 is 28.6 Å². The highest BCUT2D eigenvalue weighted by Gasteiger charge is 2.19. The molecule has 0 radical (unpaired) electrons. The molecule has 6 heteroatoms. The van der Waals surface area contributed by atoms with E-state index in [2.05, 4.69) is 142 Å². The Bertz CT molecular complexity index is 1600. The van der Waals surface area contributed by atoms with E-state index in [-0.39, 0.29) is 31.1 Å². The van der Waals surface area contributed by atoms with Gasteiger partial charge >= 0.3 is 17.9 Å². The molecule has 438 valence electrons. The highest BCUT2D eigenvalue weighted by molar-refractivity contribution is 5.71. The molecule has 0 bridgehead atoms. The topological polar surface area (TPSA) is 78.9 Å². The first-order chi connectivity index (χ1) is 38.0. The molecule has 0 aliphatic rings. The van der Waals surface area contributed by atoms with Crippen LogP contribution < -0.4 is 0 Å². The van der Waals surface area contributed by atoms with E-state index in [1.54, 1.807) is 0 Å². The van der Waals surface area contributed by atoms with Crippen molar-refractivity contribution in [3.05, 3.63) is 122 Å². The Morgan fingerprint density at radius 1 is 0.273 bits per heavy atom. The number of rotatable bonds is 57. The first-order valence-electron chi connectivity index (χ1n) is 32.0. The molecule has 0 spiro atoms. The van der Waals surface area contributed by atoms with Crippen molar-refractivity contribution in [3.8, 4) is 0 Å². The lowest BCUT2D eigenvalue weighted by atomic mass is 10.1. The second-order valence-electron chi connectivity index (χ2n) is 20.9. The normalized spacial score (nSPS) is 12.9. The van der Waals surface area contributed by atoms with E-state index < -0.39 is 6.10 Å². The molecule has 0 N–H and O–H groups in total. The fraction of sp³-hybridized carbons (Fsp3) is 0.676. The summed E-state index contributed by atoms with van der Waals surface area (Å²) in [5.74, 6) is -0.900. The van der Waals surface area contributed by atoms with E-state index in [4.69, 9.17) is 14.2 Å². The van der Waals surface area contributed by atoms with Crippen LogP contribution in [0.2, 0.25) is 0 Å². The van der Waals surface area contributed by atoms with Crippen LogP contribution in [0.5, 0.6) is 0 Å². The average Bonchev–Trinajstić information content (AvgIpc) is 3.43. The molecule has 0 aliphatic heterocycles. The smallest absolute Gasteiger partial charge is 0.306 e. The van der Waals surface area contributed by atoms with Crippen LogP contribution in [0, 0.1) is 0 Å². The molecule has 0 heterocycles. The third-order valence-electron chi connectivity index (χ3n) is 13.4. The van der Waals surface area contributed by atoms with Crippen LogP contribution in [0.15, 0.2) is 122 Å². The van der Waals surface area contributed by atoms with Crippen LogP contribution in [0.1, 0.15) is 290 Å². The molecule has 0 aromatic carbocycles. The minimum absolute atomic E-state index is 0.0834. The summed E-state index contributed by atoms with van der Waals surface area (Å²) in [6, 6.07) is 0. The second-order valence-corrected chi connectivity index (χ2v) is 20.9. The highest BCUT2D eigenvalue weighted by atomic mass is 16.6. The molecule has 0 aromatic heterocycles. The molecule has 0 aliphatic carbocycles. The largest absolute Gasteiger partial charge is 0.462 e. The Kier molecular flexibility index (Phi) is 60.8. The zero-order valence-corrected chi connectivity index (χ0v) is 50.2. The van der Waals surface area contributed by atoms with Gasteiger partial charge in [0, 0.05) is 19.3 Å². The van der Waals surface area contributed by atoms with Gasteiger partial charge in [-0.1, -0.05) is 284 Å². The molecule has 0 saturated carbocycles. The predicted molar refractivity (Wildman–Crippen MR) is 334 cm³/mol. The van der Waals surface area contributed by atoms with Gasteiger partial charge in [-0.05, 0) is 109 Å². The Labute approximate surface area is 475 Å². The number of ether oxygens (including phenoxy) is 3. The first kappa shape index (κ1) is 72.8. The Morgan fingerprint density at radius 2 is 0.532 bits per heavy atom. The molecule has 0 fully saturated rings. The van der Waals surface area contributed by atoms with Crippen molar-refractivity contribution in [2.24, 2.45) is 0 Å². The van der Waals surface area contributed by atoms with Crippen LogP contribution >= 0.6 is 0 Å². The molecule has 0 saturated heterocycles. The summed E-state index contributed by atoms with van der Waals surface area (Å²) >= 11 is 0. The fourth-order valence-corrected chi connectivity index (χ4v) is 8.67. The predicted octanol–water partition coefficient (Wildman–Crippen LogP) is 22.0. The zero-order valence-electron chi connectivity index (χ0n) is 50.2. The van der Waals surface area contributed by atoms with Gasteiger partial charge in [0.05, 0.1) is 0 Å². The van der Waals surface area contributed by atoms with Gasteiger partial charge in [0.25, 0.3) is 0 Å². The number of hydrogen-bond donors (Lipinski definition) is 0. The molecule has 6 nitrogen and oxygen atoms in total. The summed E-state index contributed by atoms with van der Waals surface area (Å²) in [5, 5.41) is 0. The molecule has 77 heavy (non-hydrogen) atoms. The minimum Gasteiger partial charge on any atom is -0.462 e. The van der Waals surface area contributed by atoms with E-state index in [1.807, 2.05) is 0 Å². The van der Waals surface area contributed by atoms with Crippen LogP contribution in [0.25, 0.3) is 0 Å². The maximum Gasteiger partial charge on any atom is 0.306 e. The molecule has 1 atom stereocenters. The van der Waals surface area contributed by atoms with Crippen LogP contribution in [0.3, 0.4) is 0 Å². The van der Waals surface area contributed by atoms with E-state index in [9.17, 15) is 14.4 Å². The molecule has 0 aromatic rings. The summed E-state index contributed by atoms with van der Waals surface area (Å²) in [4.78, 5) is 38.1. The van der Waals surface area contributed by atoms with Gasteiger partial charge in [0.1, 0.15) is 13.2 Å². The number of esters is 3. The van der Waals surface area contributed by atoms with Crippen molar-refractivity contribution in [2.75, 3.05) is 13.2 Å². The van der Waals surface area contributed by atoms with Gasteiger partial charge in [0.15, 0.2) is 6.10 Å². The maximum atomic E-state index is 12.8. The van der Waals surface area contributed by atoms with Crippen molar-refractivity contribution in [2.45, 2.75) is 297 Å². The van der Waals surface area contributed by atoms with E-state index in [0.717, 1.165) is 141 Å². The highest BCUT2D eigenvalue weighted by Crippen LogP contribution is 2.16. The summed E-state index contributed by atoms with van der Waals surface area (Å²) in [6.07, 6.45) is 89.3. The Balaban J connectivity index is 4.16. The van der Waals surface area contributed by atoms with Gasteiger partial charge in [-0.2, -0.15) is 0 Å².